The molecule has 1 aromatic carbocycles. The van der Waals surface area contributed by atoms with Crippen molar-refractivity contribution < 1.29 is 19.4 Å². The molecule has 2 atom stereocenters. The molecule has 2 unspecified atom stereocenters. The quantitative estimate of drug-likeness (QED) is 0.885. The minimum Gasteiger partial charge on any atom is -0.497 e. The highest BCUT2D eigenvalue weighted by molar-refractivity contribution is 5.70. The van der Waals surface area contributed by atoms with Crippen molar-refractivity contribution in [1.82, 2.24) is 4.90 Å². The van der Waals surface area contributed by atoms with Gasteiger partial charge in [0.1, 0.15) is 11.4 Å². The molecule has 2 aliphatic rings. The van der Waals surface area contributed by atoms with Crippen molar-refractivity contribution in [2.45, 2.75) is 76.7 Å². The zero-order valence-electron chi connectivity index (χ0n) is 15.8. The largest absolute Gasteiger partial charge is 0.497 e. The lowest BCUT2D eigenvalue weighted by Gasteiger charge is -2.44. The second-order valence-corrected chi connectivity index (χ2v) is 8.39. The molecule has 0 radical (unpaired) electrons. The zero-order valence-corrected chi connectivity index (χ0v) is 15.8. The third-order valence-electron chi connectivity index (χ3n) is 5.31. The maximum absolute atomic E-state index is 12.6. The van der Waals surface area contributed by atoms with Crippen LogP contribution < -0.4 is 4.74 Å². The van der Waals surface area contributed by atoms with Gasteiger partial charge in [-0.05, 0) is 63.8 Å². The topological polar surface area (TPSA) is 59.0 Å². The summed E-state index contributed by atoms with van der Waals surface area (Å²) in [6, 6.07) is 5.86. The Hall–Kier alpha value is -1.75. The Morgan fingerprint density at radius 2 is 1.84 bits per heavy atom. The van der Waals surface area contributed by atoms with Gasteiger partial charge in [-0.25, -0.2) is 4.79 Å². The first-order valence-electron chi connectivity index (χ1n) is 9.02. The summed E-state index contributed by atoms with van der Waals surface area (Å²) in [5.41, 5.74) is 0.554. The van der Waals surface area contributed by atoms with Crippen LogP contribution in [0.15, 0.2) is 18.2 Å². The Morgan fingerprint density at radius 3 is 2.32 bits per heavy atom. The van der Waals surface area contributed by atoms with E-state index in [2.05, 4.69) is 0 Å². The van der Waals surface area contributed by atoms with Crippen LogP contribution in [0.25, 0.3) is 0 Å². The first-order valence-corrected chi connectivity index (χ1v) is 9.02. The molecule has 1 aromatic rings. The number of ether oxygens (including phenoxy) is 2. The van der Waals surface area contributed by atoms with Crippen molar-refractivity contribution in [3.05, 3.63) is 29.3 Å². The molecule has 1 N–H and O–H groups in total. The van der Waals surface area contributed by atoms with Crippen LogP contribution in [0.2, 0.25) is 0 Å². The predicted molar refractivity (Wildman–Crippen MR) is 95.7 cm³/mol. The van der Waals surface area contributed by atoms with Crippen LogP contribution in [0, 0.1) is 6.92 Å². The summed E-state index contributed by atoms with van der Waals surface area (Å²) >= 11 is 0. The van der Waals surface area contributed by atoms with Crippen molar-refractivity contribution in [2.75, 3.05) is 7.11 Å². The highest BCUT2D eigenvalue weighted by atomic mass is 16.6. The highest BCUT2D eigenvalue weighted by Crippen LogP contribution is 2.47. The third kappa shape index (κ3) is 3.47. The lowest BCUT2D eigenvalue weighted by Crippen LogP contribution is -2.53. The number of amides is 1. The van der Waals surface area contributed by atoms with Crippen LogP contribution in [0.5, 0.6) is 5.75 Å². The van der Waals surface area contributed by atoms with Gasteiger partial charge in [0.15, 0.2) is 0 Å². The molecule has 3 rings (SSSR count). The molecule has 0 aliphatic carbocycles. The van der Waals surface area contributed by atoms with E-state index in [1.165, 1.54) is 0 Å². The van der Waals surface area contributed by atoms with Gasteiger partial charge in [-0.2, -0.15) is 0 Å². The van der Waals surface area contributed by atoms with Gasteiger partial charge in [-0.1, -0.05) is 6.07 Å². The first kappa shape index (κ1) is 18.1. The summed E-state index contributed by atoms with van der Waals surface area (Å²) in [7, 11) is 1.64. The average Bonchev–Trinajstić information content (AvgIpc) is 2.78. The van der Waals surface area contributed by atoms with Gasteiger partial charge in [0.05, 0.1) is 12.7 Å². The van der Waals surface area contributed by atoms with E-state index in [0.29, 0.717) is 12.8 Å². The Kier molecular flexibility index (Phi) is 4.48. The van der Waals surface area contributed by atoms with E-state index in [-0.39, 0.29) is 18.2 Å². The number of aliphatic hydroxyl groups is 1. The molecule has 138 valence electrons. The number of carbonyl (C=O) groups excluding carboxylic acids is 1. The third-order valence-corrected chi connectivity index (χ3v) is 5.31. The maximum atomic E-state index is 12.6. The summed E-state index contributed by atoms with van der Waals surface area (Å²) in [6.07, 6.45) is 2.68. The van der Waals surface area contributed by atoms with E-state index >= 15 is 0 Å². The van der Waals surface area contributed by atoms with Gasteiger partial charge < -0.3 is 19.5 Å². The molecule has 2 fully saturated rings. The minimum atomic E-state index is -0.902. The SMILES string of the molecule is COc1ccc(C2(O)CC3CCC(C2)N3C(=O)OC(C)(C)C)c(C)c1. The maximum Gasteiger partial charge on any atom is 0.410 e. The zero-order chi connectivity index (χ0) is 18.4. The summed E-state index contributed by atoms with van der Waals surface area (Å²) in [5, 5.41) is 11.4. The van der Waals surface area contributed by atoms with Gasteiger partial charge in [0, 0.05) is 24.9 Å². The van der Waals surface area contributed by atoms with Gasteiger partial charge in [-0.15, -0.1) is 0 Å². The number of rotatable bonds is 2. The molecule has 2 aliphatic heterocycles. The summed E-state index contributed by atoms with van der Waals surface area (Å²) in [6.45, 7) is 7.65. The number of aryl methyl sites for hydroxylation is 1. The molecule has 1 amide bonds. The predicted octanol–water partition coefficient (Wildman–Crippen LogP) is 3.75. The van der Waals surface area contributed by atoms with E-state index in [4.69, 9.17) is 9.47 Å². The number of hydrogen-bond donors (Lipinski definition) is 1. The van der Waals surface area contributed by atoms with Crippen molar-refractivity contribution in [3.63, 3.8) is 0 Å². The monoisotopic (exact) mass is 347 g/mol. The van der Waals surface area contributed by atoms with E-state index < -0.39 is 11.2 Å². The molecular formula is C20H29NO4. The van der Waals surface area contributed by atoms with E-state index in [1.54, 1.807) is 7.11 Å². The molecule has 2 heterocycles. The Labute approximate surface area is 149 Å². The van der Waals surface area contributed by atoms with Gasteiger partial charge in [0.2, 0.25) is 0 Å². The van der Waals surface area contributed by atoms with Crippen molar-refractivity contribution in [1.29, 1.82) is 0 Å². The summed E-state index contributed by atoms with van der Waals surface area (Å²) in [5.74, 6) is 0.791. The van der Waals surface area contributed by atoms with Crippen LogP contribution in [0.1, 0.15) is 57.6 Å². The second kappa shape index (κ2) is 6.20. The molecular weight excluding hydrogens is 318 g/mol. The van der Waals surface area contributed by atoms with Crippen LogP contribution in [0.3, 0.4) is 0 Å². The Bertz CT molecular complexity index is 650. The standard InChI is InChI=1S/C20H29NO4/c1-13-10-16(24-5)8-9-17(13)20(23)11-14-6-7-15(12-20)21(14)18(22)25-19(2,3)4/h8-10,14-15,23H,6-7,11-12H2,1-5H3. The Balaban J connectivity index is 1.82. The minimum absolute atomic E-state index is 0.0279. The number of piperidine rings is 1. The molecule has 2 saturated heterocycles. The number of nitrogens with zero attached hydrogens (tertiary/aromatic N) is 1. The van der Waals surface area contributed by atoms with E-state index in [1.807, 2.05) is 50.8 Å². The lowest BCUT2D eigenvalue weighted by molar-refractivity contribution is -0.0627. The summed E-state index contributed by atoms with van der Waals surface area (Å²) in [4.78, 5) is 14.4. The lowest BCUT2D eigenvalue weighted by atomic mass is 9.79. The van der Waals surface area contributed by atoms with Crippen LogP contribution >= 0.6 is 0 Å². The summed E-state index contributed by atoms with van der Waals surface area (Å²) < 4.78 is 10.8. The number of carbonyl (C=O) groups is 1. The van der Waals surface area contributed by atoms with Crippen LogP contribution in [0.4, 0.5) is 4.79 Å². The Morgan fingerprint density at radius 1 is 1.24 bits per heavy atom. The second-order valence-electron chi connectivity index (χ2n) is 8.39. The van der Waals surface area contributed by atoms with E-state index in [9.17, 15) is 9.90 Å². The van der Waals surface area contributed by atoms with Gasteiger partial charge in [-0.3, -0.25) is 0 Å². The van der Waals surface area contributed by atoms with Gasteiger partial charge >= 0.3 is 6.09 Å². The fourth-order valence-corrected chi connectivity index (χ4v) is 4.34. The number of hydrogen-bond acceptors (Lipinski definition) is 4. The molecule has 0 spiro atoms. The van der Waals surface area contributed by atoms with Crippen LogP contribution in [-0.2, 0) is 10.3 Å². The smallest absolute Gasteiger partial charge is 0.410 e. The van der Waals surface area contributed by atoms with Crippen molar-refractivity contribution in [3.8, 4) is 5.75 Å². The number of benzene rings is 1. The number of fused-ring (bicyclic) bond motifs is 2. The van der Waals surface area contributed by atoms with Crippen molar-refractivity contribution >= 4 is 6.09 Å². The van der Waals surface area contributed by atoms with Crippen molar-refractivity contribution in [2.24, 2.45) is 0 Å². The normalized spacial score (nSPS) is 28.8. The highest BCUT2D eigenvalue weighted by Gasteiger charge is 2.51. The van der Waals surface area contributed by atoms with Gasteiger partial charge in [0.25, 0.3) is 0 Å². The molecule has 0 aromatic heterocycles. The fraction of sp³-hybridized carbons (Fsp3) is 0.650. The molecule has 0 saturated carbocycles. The van der Waals surface area contributed by atoms with E-state index in [0.717, 1.165) is 29.7 Å². The fourth-order valence-electron chi connectivity index (χ4n) is 4.34. The average molecular weight is 347 g/mol. The molecule has 5 nitrogen and oxygen atoms in total. The number of methoxy groups -OCH3 is 1. The first-order chi connectivity index (χ1) is 11.6. The molecule has 2 bridgehead atoms. The molecule has 5 heteroatoms. The van der Waals surface area contributed by atoms with Crippen LogP contribution in [-0.4, -0.2) is 40.9 Å². The molecule has 25 heavy (non-hydrogen) atoms.